The number of rotatable bonds is 4. The number of benzene rings is 8. The monoisotopic (exact) mass is 642 g/mol. The van der Waals surface area contributed by atoms with Crippen LogP contribution < -0.4 is 14.5 Å². The van der Waals surface area contributed by atoms with Gasteiger partial charge in [-0.15, -0.1) is 0 Å². The lowest BCUT2D eigenvalue weighted by molar-refractivity contribution is 0.471. The topological polar surface area (TPSA) is 15.7 Å². The Kier molecular flexibility index (Phi) is 6.22. The largest absolute Gasteiger partial charge is 0.453 e. The summed E-state index contributed by atoms with van der Waals surface area (Å²) in [6.45, 7) is 4.72. The lowest BCUT2D eigenvalue weighted by Crippen LogP contribution is -2.34. The van der Waals surface area contributed by atoms with E-state index in [9.17, 15) is 0 Å². The van der Waals surface area contributed by atoms with Crippen molar-refractivity contribution in [2.24, 2.45) is 0 Å². The molecule has 0 aliphatic carbocycles. The van der Waals surface area contributed by atoms with Crippen LogP contribution in [0.15, 0.2) is 170 Å². The summed E-state index contributed by atoms with van der Waals surface area (Å²) in [5, 5.41) is 4.91. The highest BCUT2D eigenvalue weighted by molar-refractivity contribution is 6.15. The molecule has 0 bridgehead atoms. The van der Waals surface area contributed by atoms with Crippen molar-refractivity contribution in [3.63, 3.8) is 0 Å². The van der Waals surface area contributed by atoms with Crippen LogP contribution >= 0.6 is 0 Å². The van der Waals surface area contributed by atoms with Crippen molar-refractivity contribution in [2.45, 2.75) is 19.3 Å². The fraction of sp³-hybridized carbons (Fsp3) is 0.0638. The first-order valence-electron chi connectivity index (χ1n) is 17.3. The van der Waals surface area contributed by atoms with Gasteiger partial charge in [0.2, 0.25) is 0 Å². The minimum Gasteiger partial charge on any atom is -0.453 e. The fourth-order valence-corrected chi connectivity index (χ4v) is 8.28. The number of hydrogen-bond acceptors (Lipinski definition) is 3. The number of anilines is 6. The molecule has 3 heteroatoms. The van der Waals surface area contributed by atoms with E-state index in [-0.39, 0.29) is 5.41 Å². The van der Waals surface area contributed by atoms with E-state index in [1.165, 1.54) is 49.5 Å². The molecule has 0 spiro atoms. The first-order chi connectivity index (χ1) is 24.6. The summed E-state index contributed by atoms with van der Waals surface area (Å²) < 4.78 is 6.71. The van der Waals surface area contributed by atoms with Crippen LogP contribution in [0.25, 0.3) is 32.7 Å². The minimum absolute atomic E-state index is 0.349. The molecule has 0 unspecified atom stereocenters. The zero-order chi connectivity index (χ0) is 33.4. The van der Waals surface area contributed by atoms with Crippen LogP contribution in [0.2, 0.25) is 0 Å². The van der Waals surface area contributed by atoms with E-state index in [2.05, 4.69) is 187 Å². The molecule has 8 aromatic rings. The van der Waals surface area contributed by atoms with Crippen molar-refractivity contribution in [3.05, 3.63) is 181 Å². The van der Waals surface area contributed by atoms with Crippen molar-refractivity contribution < 1.29 is 4.74 Å². The van der Waals surface area contributed by atoms with E-state index >= 15 is 0 Å². The molecule has 10 rings (SSSR count). The second kappa shape index (κ2) is 10.8. The lowest BCUT2D eigenvalue weighted by Gasteiger charge is -2.46. The SMILES string of the molecule is CC1(C)c2ccccc2N2c3ccccc3Oc3ccc(N(c4ccc(-c5ccccc5)cc4)c4cc5ccccc5c5ccccc45)c1c32. The van der Waals surface area contributed by atoms with Gasteiger partial charge in [0.05, 0.1) is 28.4 Å². The van der Waals surface area contributed by atoms with Crippen molar-refractivity contribution in [1.82, 2.24) is 0 Å². The Bertz CT molecular complexity index is 2610. The van der Waals surface area contributed by atoms with Crippen molar-refractivity contribution in [2.75, 3.05) is 9.80 Å². The smallest absolute Gasteiger partial charge is 0.152 e. The van der Waals surface area contributed by atoms with E-state index in [0.29, 0.717) is 0 Å². The van der Waals surface area contributed by atoms with Gasteiger partial charge in [0, 0.05) is 22.1 Å². The van der Waals surface area contributed by atoms with Gasteiger partial charge >= 0.3 is 0 Å². The quantitative estimate of drug-likeness (QED) is 0.178. The zero-order valence-electron chi connectivity index (χ0n) is 28.0. The zero-order valence-corrected chi connectivity index (χ0v) is 28.0. The number of nitrogens with zero attached hydrogens (tertiary/aromatic N) is 2. The first kappa shape index (κ1) is 28.7. The Balaban J connectivity index is 1.29. The number of ether oxygens (including phenoxy) is 1. The molecule has 0 saturated heterocycles. The normalized spacial score (nSPS) is 13.7. The standard InChI is InChI=1S/C47H34N2O/c1-47(2)38-20-10-11-21-39(38)49-40-22-12-13-23-43(40)50-44-29-28-41(45(47)46(44)49)48(34-26-24-32(25-27-34)31-14-4-3-5-15-31)42-30-33-16-6-7-17-35(33)36-18-8-9-19-37(36)42/h3-30H,1-2H3. The molecular weight excluding hydrogens is 609 g/mol. The Labute approximate surface area is 292 Å². The van der Waals surface area contributed by atoms with Gasteiger partial charge in [-0.1, -0.05) is 135 Å². The van der Waals surface area contributed by atoms with Crippen LogP contribution in [0.1, 0.15) is 25.0 Å². The summed E-state index contributed by atoms with van der Waals surface area (Å²) in [7, 11) is 0. The highest BCUT2D eigenvalue weighted by Crippen LogP contribution is 2.62. The van der Waals surface area contributed by atoms with Gasteiger partial charge in [-0.3, -0.25) is 0 Å². The molecule has 0 aromatic heterocycles. The van der Waals surface area contributed by atoms with Crippen LogP contribution in [0.4, 0.5) is 34.1 Å². The van der Waals surface area contributed by atoms with E-state index in [1.807, 2.05) is 6.07 Å². The van der Waals surface area contributed by atoms with Crippen molar-refractivity contribution in [3.8, 4) is 22.6 Å². The average molecular weight is 643 g/mol. The molecule has 0 radical (unpaired) electrons. The molecule has 3 nitrogen and oxygen atoms in total. The first-order valence-corrected chi connectivity index (χ1v) is 17.3. The molecule has 50 heavy (non-hydrogen) atoms. The van der Waals surface area contributed by atoms with E-state index in [4.69, 9.17) is 4.74 Å². The predicted molar refractivity (Wildman–Crippen MR) is 208 cm³/mol. The van der Waals surface area contributed by atoms with Gasteiger partial charge in [0.25, 0.3) is 0 Å². The van der Waals surface area contributed by atoms with Crippen LogP contribution in [-0.4, -0.2) is 0 Å². The number of hydrogen-bond donors (Lipinski definition) is 0. The summed E-state index contributed by atoms with van der Waals surface area (Å²) in [6, 6.07) is 61.2. The summed E-state index contributed by atoms with van der Waals surface area (Å²) in [5.41, 5.74) is 11.3. The second-order valence-electron chi connectivity index (χ2n) is 13.8. The molecule has 0 atom stereocenters. The van der Waals surface area contributed by atoms with E-state index in [1.54, 1.807) is 0 Å². The maximum atomic E-state index is 6.71. The third-order valence-electron chi connectivity index (χ3n) is 10.6. The van der Waals surface area contributed by atoms with E-state index in [0.717, 1.165) is 39.9 Å². The Morgan fingerprint density at radius 3 is 1.96 bits per heavy atom. The van der Waals surface area contributed by atoms with Crippen LogP contribution in [0.5, 0.6) is 11.5 Å². The summed E-state index contributed by atoms with van der Waals surface area (Å²) in [4.78, 5) is 4.90. The highest BCUT2D eigenvalue weighted by Gasteiger charge is 2.44. The Morgan fingerprint density at radius 2 is 1.14 bits per heavy atom. The van der Waals surface area contributed by atoms with Gasteiger partial charge in [-0.05, 0) is 81.4 Å². The number of fused-ring (bicyclic) bond motifs is 7. The molecule has 0 amide bonds. The maximum absolute atomic E-state index is 6.71. The van der Waals surface area contributed by atoms with Crippen LogP contribution in [0, 0.1) is 0 Å². The van der Waals surface area contributed by atoms with Gasteiger partial charge in [-0.25, -0.2) is 0 Å². The molecule has 2 aliphatic rings. The molecule has 238 valence electrons. The third-order valence-corrected chi connectivity index (χ3v) is 10.6. The third kappa shape index (κ3) is 4.17. The average Bonchev–Trinajstić information content (AvgIpc) is 3.17. The second-order valence-corrected chi connectivity index (χ2v) is 13.8. The van der Waals surface area contributed by atoms with Gasteiger partial charge in [-0.2, -0.15) is 0 Å². The lowest BCUT2D eigenvalue weighted by atomic mass is 9.72. The molecule has 2 heterocycles. The Hall–Kier alpha value is -6.32. The van der Waals surface area contributed by atoms with Gasteiger partial charge < -0.3 is 14.5 Å². The maximum Gasteiger partial charge on any atom is 0.152 e. The van der Waals surface area contributed by atoms with E-state index < -0.39 is 0 Å². The molecule has 0 fully saturated rings. The van der Waals surface area contributed by atoms with Crippen LogP contribution in [-0.2, 0) is 5.41 Å². The molecular formula is C47H34N2O. The Morgan fingerprint density at radius 1 is 0.500 bits per heavy atom. The summed E-state index contributed by atoms with van der Waals surface area (Å²) >= 11 is 0. The predicted octanol–water partition coefficient (Wildman–Crippen LogP) is 13.3. The minimum atomic E-state index is -0.349. The van der Waals surface area contributed by atoms with Crippen LogP contribution in [0.3, 0.4) is 0 Å². The molecule has 2 aliphatic heterocycles. The van der Waals surface area contributed by atoms with Gasteiger partial charge in [0.15, 0.2) is 11.5 Å². The summed E-state index contributed by atoms with van der Waals surface area (Å²) in [6.07, 6.45) is 0. The van der Waals surface area contributed by atoms with Crippen molar-refractivity contribution in [1.29, 1.82) is 0 Å². The summed E-state index contributed by atoms with van der Waals surface area (Å²) in [5.74, 6) is 1.73. The van der Waals surface area contributed by atoms with Crippen molar-refractivity contribution >= 4 is 55.7 Å². The highest BCUT2D eigenvalue weighted by atomic mass is 16.5. The fourth-order valence-electron chi connectivity index (χ4n) is 8.28. The number of para-hydroxylation sites is 3. The molecule has 0 N–H and O–H groups in total. The van der Waals surface area contributed by atoms with Gasteiger partial charge in [0.1, 0.15) is 0 Å². The molecule has 0 saturated carbocycles. The molecule has 8 aromatic carbocycles.